The Kier molecular flexibility index (Phi) is 5.72. The number of piperazine rings is 1. The quantitative estimate of drug-likeness (QED) is 0.865. The second-order valence-electron chi connectivity index (χ2n) is 5.98. The summed E-state index contributed by atoms with van der Waals surface area (Å²) >= 11 is 11.8. The number of hydrogen-bond donors (Lipinski definition) is 1. The molecule has 0 radical (unpaired) electrons. The van der Waals surface area contributed by atoms with Gasteiger partial charge in [-0.1, -0.05) is 35.3 Å². The number of carbonyl (C=O) groups excluding carboxylic acids is 1. The van der Waals surface area contributed by atoms with Crippen LogP contribution in [0.3, 0.4) is 0 Å². The smallest absolute Gasteiger partial charge is 0.270 e. The summed E-state index contributed by atoms with van der Waals surface area (Å²) in [7, 11) is 1.61. The van der Waals surface area contributed by atoms with Gasteiger partial charge >= 0.3 is 0 Å². The van der Waals surface area contributed by atoms with Crippen LogP contribution in [0.4, 0.5) is 0 Å². The van der Waals surface area contributed by atoms with E-state index in [1.807, 2.05) is 24.3 Å². The molecule has 0 saturated carbocycles. The predicted octanol–water partition coefficient (Wildman–Crippen LogP) is 3.35. The molecule has 1 aromatic carbocycles. The van der Waals surface area contributed by atoms with Crippen LogP contribution in [-0.2, 0) is 0 Å². The Morgan fingerprint density at radius 2 is 1.88 bits per heavy atom. The van der Waals surface area contributed by atoms with Crippen LogP contribution in [0.15, 0.2) is 30.3 Å². The topological polar surface area (TPSA) is 72.4 Å². The summed E-state index contributed by atoms with van der Waals surface area (Å²) in [5.41, 5.74) is 1.29. The van der Waals surface area contributed by atoms with E-state index < -0.39 is 0 Å². The molecule has 1 atom stereocenters. The zero-order valence-corrected chi connectivity index (χ0v) is 15.7. The molecule has 1 amide bonds. The average Bonchev–Trinajstić information content (AvgIpc) is 3.01. The molecular weight excluding hydrogens is 375 g/mol. The Labute approximate surface area is 161 Å². The van der Waals surface area contributed by atoms with Crippen molar-refractivity contribution in [2.75, 3.05) is 33.3 Å². The van der Waals surface area contributed by atoms with Crippen LogP contribution in [0.1, 0.15) is 22.1 Å². The molecule has 2 heterocycles. The second kappa shape index (κ2) is 8.00. The third kappa shape index (κ3) is 3.80. The van der Waals surface area contributed by atoms with E-state index in [1.165, 1.54) is 6.07 Å². The lowest BCUT2D eigenvalue weighted by molar-refractivity contribution is 0.0601. The number of amides is 1. The maximum atomic E-state index is 12.5. The van der Waals surface area contributed by atoms with Gasteiger partial charge in [0.1, 0.15) is 22.6 Å². The van der Waals surface area contributed by atoms with Crippen molar-refractivity contribution in [2.24, 2.45) is 0 Å². The summed E-state index contributed by atoms with van der Waals surface area (Å²) in [5, 5.41) is 10.2. The molecule has 1 aromatic heterocycles. The highest BCUT2D eigenvalue weighted by atomic mass is 35.5. The number of rotatable bonds is 4. The van der Waals surface area contributed by atoms with Gasteiger partial charge in [-0.15, -0.1) is 0 Å². The van der Waals surface area contributed by atoms with Gasteiger partial charge in [0.05, 0.1) is 18.2 Å². The van der Waals surface area contributed by atoms with Crippen LogP contribution >= 0.6 is 23.2 Å². The van der Waals surface area contributed by atoms with E-state index in [-0.39, 0.29) is 17.1 Å². The molecule has 0 aliphatic carbocycles. The average molecular weight is 393 g/mol. The van der Waals surface area contributed by atoms with Crippen LogP contribution < -0.4 is 4.74 Å². The summed E-state index contributed by atoms with van der Waals surface area (Å²) in [6.45, 7) is 2.28. The molecule has 6 nitrogen and oxygen atoms in total. The van der Waals surface area contributed by atoms with Gasteiger partial charge in [0.2, 0.25) is 0 Å². The van der Waals surface area contributed by atoms with Crippen LogP contribution in [0.2, 0.25) is 10.2 Å². The first-order valence-corrected chi connectivity index (χ1v) is 8.90. The maximum absolute atomic E-state index is 12.5. The largest absolute Gasteiger partial charge is 0.497 e. The molecule has 1 aliphatic heterocycles. The van der Waals surface area contributed by atoms with Crippen LogP contribution in [0.25, 0.3) is 0 Å². The maximum Gasteiger partial charge on any atom is 0.270 e. The van der Waals surface area contributed by atoms with Gasteiger partial charge in [-0.25, -0.2) is 0 Å². The van der Waals surface area contributed by atoms with Crippen LogP contribution in [-0.4, -0.2) is 54.0 Å². The van der Waals surface area contributed by atoms with Gasteiger partial charge in [0.25, 0.3) is 5.91 Å². The number of nitrogens with one attached hydrogen (secondary N) is 1. The van der Waals surface area contributed by atoms with E-state index in [4.69, 9.17) is 27.9 Å². The number of benzene rings is 1. The molecule has 136 valence electrons. The first-order valence-electron chi connectivity index (χ1n) is 8.14. The number of hydrogen-bond acceptors (Lipinski definition) is 4. The second-order valence-corrected chi connectivity index (χ2v) is 6.76. The van der Waals surface area contributed by atoms with Crippen molar-refractivity contribution in [3.8, 4) is 11.8 Å². The molecule has 0 spiro atoms. The van der Waals surface area contributed by atoms with E-state index >= 15 is 0 Å². The Morgan fingerprint density at radius 1 is 1.23 bits per heavy atom. The summed E-state index contributed by atoms with van der Waals surface area (Å²) in [4.78, 5) is 19.1. The first-order chi connectivity index (χ1) is 12.5. The molecule has 8 heteroatoms. The molecule has 0 bridgehead atoms. The predicted molar refractivity (Wildman–Crippen MR) is 99.6 cm³/mol. The van der Waals surface area contributed by atoms with Gasteiger partial charge in [0, 0.05) is 26.2 Å². The third-order valence-electron chi connectivity index (χ3n) is 4.48. The van der Waals surface area contributed by atoms with E-state index in [9.17, 15) is 10.1 Å². The van der Waals surface area contributed by atoms with Crippen LogP contribution in [0.5, 0.6) is 5.75 Å². The van der Waals surface area contributed by atoms with Crippen molar-refractivity contribution in [3.05, 3.63) is 51.8 Å². The van der Waals surface area contributed by atoms with Crippen molar-refractivity contribution in [1.82, 2.24) is 14.8 Å². The van der Waals surface area contributed by atoms with E-state index in [2.05, 4.69) is 16.0 Å². The zero-order chi connectivity index (χ0) is 18.7. The Hall–Kier alpha value is -2.20. The number of carbonyl (C=O) groups is 1. The lowest BCUT2D eigenvalue weighted by Crippen LogP contribution is -2.49. The van der Waals surface area contributed by atoms with Gasteiger partial charge in [-0.2, -0.15) is 5.26 Å². The minimum atomic E-state index is -0.354. The number of aromatic amines is 1. The number of halogens is 2. The van der Waals surface area contributed by atoms with Crippen molar-refractivity contribution in [1.29, 1.82) is 5.26 Å². The number of H-pyrrole nitrogens is 1. The molecule has 1 fully saturated rings. The number of ether oxygens (including phenoxy) is 1. The molecule has 3 rings (SSSR count). The van der Waals surface area contributed by atoms with Crippen molar-refractivity contribution in [2.45, 2.75) is 6.04 Å². The van der Waals surface area contributed by atoms with Gasteiger partial charge in [-0.05, 0) is 23.8 Å². The van der Waals surface area contributed by atoms with Crippen molar-refractivity contribution < 1.29 is 9.53 Å². The number of methoxy groups -OCH3 is 1. The summed E-state index contributed by atoms with van der Waals surface area (Å²) in [5.74, 6) is 0.612. The molecular formula is C18H18Cl2N4O2. The first kappa shape index (κ1) is 18.6. The highest BCUT2D eigenvalue weighted by Gasteiger charge is 2.28. The number of aromatic nitrogens is 1. The monoisotopic (exact) mass is 392 g/mol. The Bertz CT molecular complexity index is 801. The fraction of sp³-hybridized carbons (Fsp3) is 0.333. The standard InChI is InChI=1S/C18H18Cl2N4O2/c1-26-13-4-2-12(3-5-13)16(11-21)23-6-8-24(9-7-23)18(25)15-10-14(19)17(20)22-15/h2-5,10,16,22H,6-9H2,1H3. The number of nitrogens with zero attached hydrogens (tertiary/aromatic N) is 3. The molecule has 1 aliphatic rings. The molecule has 2 aromatic rings. The van der Waals surface area contributed by atoms with Crippen molar-refractivity contribution >= 4 is 29.1 Å². The molecule has 1 N–H and O–H groups in total. The normalized spacial score (nSPS) is 16.2. The van der Waals surface area contributed by atoms with Gasteiger partial charge < -0.3 is 14.6 Å². The molecule has 26 heavy (non-hydrogen) atoms. The summed E-state index contributed by atoms with van der Waals surface area (Å²) in [6, 6.07) is 11.0. The third-order valence-corrected chi connectivity index (χ3v) is 5.17. The van der Waals surface area contributed by atoms with E-state index in [1.54, 1.807) is 12.0 Å². The minimum absolute atomic E-state index is 0.142. The van der Waals surface area contributed by atoms with Crippen LogP contribution in [0, 0.1) is 11.3 Å². The molecule has 1 unspecified atom stereocenters. The molecule has 1 saturated heterocycles. The highest BCUT2D eigenvalue weighted by molar-refractivity contribution is 6.41. The SMILES string of the molecule is COc1ccc(C(C#N)N2CCN(C(=O)c3cc(Cl)c(Cl)[nH]3)CC2)cc1. The van der Waals surface area contributed by atoms with Gasteiger partial charge in [0.15, 0.2) is 0 Å². The Morgan fingerprint density at radius 3 is 2.38 bits per heavy atom. The van der Waals surface area contributed by atoms with Gasteiger partial charge in [-0.3, -0.25) is 9.69 Å². The minimum Gasteiger partial charge on any atom is -0.497 e. The fourth-order valence-corrected chi connectivity index (χ4v) is 3.34. The summed E-state index contributed by atoms with van der Waals surface area (Å²) in [6.07, 6.45) is 0. The van der Waals surface area contributed by atoms with E-state index in [0.717, 1.165) is 11.3 Å². The lowest BCUT2D eigenvalue weighted by atomic mass is 10.1. The Balaban J connectivity index is 1.64. The number of nitriles is 1. The lowest BCUT2D eigenvalue weighted by Gasteiger charge is -2.36. The highest BCUT2D eigenvalue weighted by Crippen LogP contribution is 2.25. The summed E-state index contributed by atoms with van der Waals surface area (Å²) < 4.78 is 5.16. The fourth-order valence-electron chi connectivity index (χ4n) is 3.03. The van der Waals surface area contributed by atoms with Crippen molar-refractivity contribution in [3.63, 3.8) is 0 Å². The zero-order valence-electron chi connectivity index (χ0n) is 14.2. The van der Waals surface area contributed by atoms with E-state index in [0.29, 0.717) is 36.9 Å².